The maximum absolute atomic E-state index is 6.19. The van der Waals surface area contributed by atoms with Gasteiger partial charge in [-0.3, -0.25) is 0 Å². The molecule has 0 amide bonds. The maximum atomic E-state index is 6.19. The van der Waals surface area contributed by atoms with Gasteiger partial charge in [0.05, 0.1) is 6.54 Å². The maximum Gasteiger partial charge on any atom is 0.191 e. The quantitative estimate of drug-likeness (QED) is 0.567. The third kappa shape index (κ3) is 3.07. The number of aromatic amines is 1. The number of para-hydroxylation sites is 1. The van der Waals surface area contributed by atoms with Crippen LogP contribution >= 0.6 is 11.3 Å². The summed E-state index contributed by atoms with van der Waals surface area (Å²) in [6.45, 7) is 4.18. The monoisotopic (exact) mass is 340 g/mol. The van der Waals surface area contributed by atoms with Crippen LogP contribution in [0.4, 0.5) is 5.13 Å². The van der Waals surface area contributed by atoms with E-state index in [0.29, 0.717) is 12.5 Å². The molecular formula is C17H20N6S. The van der Waals surface area contributed by atoms with Crippen LogP contribution in [0, 0.1) is 0 Å². The first-order valence-corrected chi connectivity index (χ1v) is 8.93. The van der Waals surface area contributed by atoms with E-state index in [2.05, 4.69) is 43.0 Å². The van der Waals surface area contributed by atoms with Gasteiger partial charge in [-0.1, -0.05) is 18.2 Å². The van der Waals surface area contributed by atoms with E-state index in [1.807, 2.05) is 23.7 Å². The third-order valence-corrected chi connectivity index (χ3v) is 5.12. The van der Waals surface area contributed by atoms with Gasteiger partial charge in [0.1, 0.15) is 0 Å². The molecule has 4 rings (SSSR count). The number of rotatable bonds is 3. The van der Waals surface area contributed by atoms with Crippen molar-refractivity contribution in [1.82, 2.24) is 14.9 Å². The Bertz CT molecular complexity index is 797. The largest absolute Gasteiger partial charge is 0.370 e. The number of hydrogen-bond acceptors (Lipinski definition) is 4. The molecule has 2 aromatic heterocycles. The minimum Gasteiger partial charge on any atom is -0.370 e. The minimum atomic E-state index is 0.577. The molecule has 1 aromatic carbocycles. The summed E-state index contributed by atoms with van der Waals surface area (Å²) < 4.78 is 0. The van der Waals surface area contributed by atoms with Crippen molar-refractivity contribution >= 4 is 33.3 Å². The molecule has 1 saturated heterocycles. The number of guanidine groups is 1. The molecule has 1 fully saturated rings. The van der Waals surface area contributed by atoms with Gasteiger partial charge in [-0.2, -0.15) is 0 Å². The van der Waals surface area contributed by atoms with Crippen molar-refractivity contribution in [2.24, 2.45) is 10.7 Å². The van der Waals surface area contributed by atoms with E-state index in [0.717, 1.165) is 42.5 Å². The number of fused-ring (bicyclic) bond motifs is 1. The zero-order chi connectivity index (χ0) is 16.4. The summed E-state index contributed by atoms with van der Waals surface area (Å²) in [5.74, 6) is 0.618. The van der Waals surface area contributed by atoms with Crippen LogP contribution in [0.1, 0.15) is 5.69 Å². The predicted molar refractivity (Wildman–Crippen MR) is 99.5 cm³/mol. The van der Waals surface area contributed by atoms with Gasteiger partial charge in [0, 0.05) is 49.0 Å². The zero-order valence-electron chi connectivity index (χ0n) is 13.4. The van der Waals surface area contributed by atoms with Crippen molar-refractivity contribution in [3.63, 3.8) is 0 Å². The van der Waals surface area contributed by atoms with Gasteiger partial charge in [0.2, 0.25) is 0 Å². The lowest BCUT2D eigenvalue weighted by Crippen LogP contribution is -2.51. The fraction of sp³-hybridized carbons (Fsp3) is 0.294. The molecule has 0 aliphatic carbocycles. The van der Waals surface area contributed by atoms with Crippen LogP contribution in [-0.4, -0.2) is 47.0 Å². The summed E-state index contributed by atoms with van der Waals surface area (Å²) in [6, 6.07) is 10.4. The SMILES string of the molecule is NC(=NCc1cc2ccccc2[nH]1)N1CCN(c2nccs2)CC1. The first-order valence-electron chi connectivity index (χ1n) is 8.05. The van der Waals surface area contributed by atoms with Gasteiger partial charge in [0.15, 0.2) is 11.1 Å². The molecule has 7 heteroatoms. The summed E-state index contributed by atoms with van der Waals surface area (Å²) in [7, 11) is 0. The highest BCUT2D eigenvalue weighted by Gasteiger charge is 2.19. The molecule has 0 radical (unpaired) electrons. The van der Waals surface area contributed by atoms with E-state index in [9.17, 15) is 0 Å². The first-order chi connectivity index (χ1) is 11.8. The van der Waals surface area contributed by atoms with Gasteiger partial charge in [-0.25, -0.2) is 9.98 Å². The number of nitrogens with one attached hydrogen (secondary N) is 1. The molecule has 3 aromatic rings. The van der Waals surface area contributed by atoms with E-state index >= 15 is 0 Å². The molecule has 3 N–H and O–H groups in total. The second kappa shape index (κ2) is 6.52. The molecule has 0 saturated carbocycles. The number of H-pyrrole nitrogens is 1. The Hall–Kier alpha value is -2.54. The Labute approximate surface area is 144 Å². The first kappa shape index (κ1) is 15.0. The smallest absolute Gasteiger partial charge is 0.191 e. The lowest BCUT2D eigenvalue weighted by Gasteiger charge is -2.35. The molecule has 3 heterocycles. The number of aromatic nitrogens is 2. The van der Waals surface area contributed by atoms with Crippen molar-refractivity contribution < 1.29 is 0 Å². The molecule has 1 aliphatic heterocycles. The van der Waals surface area contributed by atoms with Crippen molar-refractivity contribution in [3.05, 3.63) is 47.6 Å². The van der Waals surface area contributed by atoms with E-state index < -0.39 is 0 Å². The molecule has 0 spiro atoms. The van der Waals surface area contributed by atoms with Crippen molar-refractivity contribution in [3.8, 4) is 0 Å². The Kier molecular flexibility index (Phi) is 4.08. The predicted octanol–water partition coefficient (Wildman–Crippen LogP) is 2.26. The summed E-state index contributed by atoms with van der Waals surface area (Å²) in [6.07, 6.45) is 1.85. The van der Waals surface area contributed by atoms with Crippen LogP contribution in [0.2, 0.25) is 0 Å². The van der Waals surface area contributed by atoms with Crippen molar-refractivity contribution in [2.45, 2.75) is 6.54 Å². The van der Waals surface area contributed by atoms with Crippen molar-refractivity contribution in [2.75, 3.05) is 31.1 Å². The molecule has 124 valence electrons. The summed E-state index contributed by atoms with van der Waals surface area (Å²) in [5.41, 5.74) is 8.41. The van der Waals surface area contributed by atoms with Gasteiger partial charge in [0.25, 0.3) is 0 Å². The normalized spacial score (nSPS) is 16.1. The number of nitrogens with zero attached hydrogens (tertiary/aromatic N) is 4. The third-order valence-electron chi connectivity index (χ3n) is 4.29. The molecule has 6 nitrogen and oxygen atoms in total. The van der Waals surface area contributed by atoms with E-state index in [4.69, 9.17) is 5.73 Å². The van der Waals surface area contributed by atoms with Crippen LogP contribution in [0.25, 0.3) is 10.9 Å². The van der Waals surface area contributed by atoms with Crippen LogP contribution < -0.4 is 10.6 Å². The van der Waals surface area contributed by atoms with Gasteiger partial charge in [-0.05, 0) is 17.5 Å². The number of hydrogen-bond donors (Lipinski definition) is 2. The summed E-state index contributed by atoms with van der Waals surface area (Å²) >= 11 is 1.68. The Morgan fingerprint density at radius 1 is 1.25 bits per heavy atom. The fourth-order valence-corrected chi connectivity index (χ4v) is 3.68. The van der Waals surface area contributed by atoms with Crippen LogP contribution in [0.3, 0.4) is 0 Å². The number of nitrogens with two attached hydrogens (primary N) is 1. The molecule has 0 atom stereocenters. The second-order valence-corrected chi connectivity index (χ2v) is 6.72. The van der Waals surface area contributed by atoms with Gasteiger partial charge >= 0.3 is 0 Å². The lowest BCUT2D eigenvalue weighted by molar-refractivity contribution is 0.380. The number of thiazole rings is 1. The number of benzene rings is 1. The highest BCUT2D eigenvalue weighted by Crippen LogP contribution is 2.19. The average molecular weight is 340 g/mol. The van der Waals surface area contributed by atoms with Crippen LogP contribution in [-0.2, 0) is 6.54 Å². The number of piperazine rings is 1. The van der Waals surface area contributed by atoms with Gasteiger partial charge in [-0.15, -0.1) is 11.3 Å². The zero-order valence-corrected chi connectivity index (χ0v) is 14.2. The lowest BCUT2D eigenvalue weighted by atomic mass is 10.2. The van der Waals surface area contributed by atoms with Gasteiger partial charge < -0.3 is 20.5 Å². The standard InChI is InChI=1S/C17H20N6S/c18-16(20-12-14-11-13-3-1-2-4-15(13)21-14)22-6-8-23(9-7-22)17-19-5-10-24-17/h1-5,10-11,21H,6-9,12H2,(H2,18,20). The Balaban J connectivity index is 1.37. The highest BCUT2D eigenvalue weighted by atomic mass is 32.1. The summed E-state index contributed by atoms with van der Waals surface area (Å²) in [5, 5.41) is 4.30. The van der Waals surface area contributed by atoms with Crippen LogP contribution in [0.15, 0.2) is 46.9 Å². The summed E-state index contributed by atoms with van der Waals surface area (Å²) in [4.78, 5) is 16.8. The number of anilines is 1. The van der Waals surface area contributed by atoms with Crippen LogP contribution in [0.5, 0.6) is 0 Å². The average Bonchev–Trinajstić information content (AvgIpc) is 3.29. The highest BCUT2D eigenvalue weighted by molar-refractivity contribution is 7.13. The molecular weight excluding hydrogens is 320 g/mol. The number of aliphatic imine (C=N–C) groups is 1. The Morgan fingerprint density at radius 2 is 2.08 bits per heavy atom. The molecule has 1 aliphatic rings. The molecule has 24 heavy (non-hydrogen) atoms. The molecule has 0 bridgehead atoms. The molecule has 0 unspecified atom stereocenters. The Morgan fingerprint density at radius 3 is 2.83 bits per heavy atom. The van der Waals surface area contributed by atoms with E-state index in [-0.39, 0.29) is 0 Å². The fourth-order valence-electron chi connectivity index (χ4n) is 2.98. The topological polar surface area (TPSA) is 73.5 Å². The van der Waals surface area contributed by atoms with Crippen molar-refractivity contribution in [1.29, 1.82) is 0 Å². The minimum absolute atomic E-state index is 0.577. The van der Waals surface area contributed by atoms with E-state index in [1.165, 1.54) is 5.39 Å². The van der Waals surface area contributed by atoms with E-state index in [1.54, 1.807) is 11.3 Å². The second-order valence-electron chi connectivity index (χ2n) is 5.85.